The van der Waals surface area contributed by atoms with Crippen LogP contribution in [0.4, 0.5) is 0 Å². The molecule has 0 aromatic heterocycles. The summed E-state index contributed by atoms with van der Waals surface area (Å²) in [5.74, 6) is -0.876. The highest BCUT2D eigenvalue weighted by Crippen LogP contribution is 2.23. The largest absolute Gasteiger partial charge is 0.494 e. The van der Waals surface area contributed by atoms with Crippen LogP contribution in [0.25, 0.3) is 0 Å². The first kappa shape index (κ1) is 18.6. The molecule has 7 nitrogen and oxygen atoms in total. The summed E-state index contributed by atoms with van der Waals surface area (Å²) in [6, 6.07) is 13.1. The highest BCUT2D eigenvalue weighted by atomic mass is 16.5. The number of rotatable bonds is 8. The van der Waals surface area contributed by atoms with Gasteiger partial charge in [-0.3, -0.25) is 19.3 Å². The molecule has 1 unspecified atom stereocenters. The van der Waals surface area contributed by atoms with Gasteiger partial charge in [0.15, 0.2) is 0 Å². The average Bonchev–Trinajstić information content (AvgIpc) is 2.90. The molecule has 2 amide bonds. The van der Waals surface area contributed by atoms with Crippen LogP contribution in [0.15, 0.2) is 48.5 Å². The summed E-state index contributed by atoms with van der Waals surface area (Å²) in [6.45, 7) is 0.627. The molecule has 1 atom stereocenters. The molecule has 3 N–H and O–H groups in total. The van der Waals surface area contributed by atoms with Crippen molar-refractivity contribution in [1.29, 1.82) is 0 Å². The number of carbonyl (C=O) groups is 3. The molecule has 7 heteroatoms. The van der Waals surface area contributed by atoms with E-state index in [0.717, 1.165) is 5.56 Å². The third-order valence-electron chi connectivity index (χ3n) is 4.38. The minimum absolute atomic E-state index is 0.138. The van der Waals surface area contributed by atoms with Crippen LogP contribution in [-0.2, 0) is 4.79 Å². The minimum Gasteiger partial charge on any atom is -0.494 e. The van der Waals surface area contributed by atoms with E-state index >= 15 is 0 Å². The Hall–Kier alpha value is -3.19. The fraction of sp³-hybridized carbons (Fsp3) is 0.250. The number of benzene rings is 2. The molecule has 0 saturated carbocycles. The molecule has 2 aromatic rings. The van der Waals surface area contributed by atoms with Crippen LogP contribution >= 0.6 is 0 Å². The summed E-state index contributed by atoms with van der Waals surface area (Å²) in [4.78, 5) is 36.5. The summed E-state index contributed by atoms with van der Waals surface area (Å²) < 4.78 is 5.62. The van der Waals surface area contributed by atoms with Crippen LogP contribution in [0.1, 0.15) is 45.2 Å². The molecule has 1 heterocycles. The van der Waals surface area contributed by atoms with Crippen LogP contribution in [0.3, 0.4) is 0 Å². The van der Waals surface area contributed by atoms with E-state index in [9.17, 15) is 14.4 Å². The standard InChI is InChI=1S/C20H20N2O5/c21-17(12-18(23)24)13-6-8-14(9-7-13)27-11-3-10-22-19(25)15-4-1-2-5-16(15)20(22)26/h1-2,4-9,17H,3,10-12,21H2,(H,23,24). The lowest BCUT2D eigenvalue weighted by molar-refractivity contribution is -0.137. The SMILES string of the molecule is NC(CC(=O)O)c1ccc(OCCCN2C(=O)c3ccccc3C2=O)cc1. The van der Waals surface area contributed by atoms with Gasteiger partial charge in [-0.2, -0.15) is 0 Å². The van der Waals surface area contributed by atoms with Crippen molar-refractivity contribution in [2.24, 2.45) is 5.73 Å². The fourth-order valence-corrected chi connectivity index (χ4v) is 2.97. The van der Waals surface area contributed by atoms with E-state index in [-0.39, 0.29) is 24.8 Å². The van der Waals surface area contributed by atoms with Crippen molar-refractivity contribution in [2.75, 3.05) is 13.2 Å². The number of ether oxygens (including phenoxy) is 1. The van der Waals surface area contributed by atoms with Crippen molar-refractivity contribution in [1.82, 2.24) is 4.90 Å². The number of fused-ring (bicyclic) bond motifs is 1. The number of aliphatic carboxylic acids is 1. The van der Waals surface area contributed by atoms with Crippen LogP contribution in [0.5, 0.6) is 5.75 Å². The predicted molar refractivity (Wildman–Crippen MR) is 97.5 cm³/mol. The van der Waals surface area contributed by atoms with Crippen molar-refractivity contribution in [2.45, 2.75) is 18.9 Å². The first-order chi connectivity index (χ1) is 13.0. The van der Waals surface area contributed by atoms with Crippen molar-refractivity contribution >= 4 is 17.8 Å². The van der Waals surface area contributed by atoms with Crippen molar-refractivity contribution in [3.05, 3.63) is 65.2 Å². The Morgan fingerprint density at radius 2 is 1.63 bits per heavy atom. The molecule has 140 valence electrons. The van der Waals surface area contributed by atoms with E-state index < -0.39 is 12.0 Å². The van der Waals surface area contributed by atoms with Crippen LogP contribution in [0, 0.1) is 0 Å². The van der Waals surface area contributed by atoms with Crippen molar-refractivity contribution in [3.63, 3.8) is 0 Å². The fourth-order valence-electron chi connectivity index (χ4n) is 2.97. The van der Waals surface area contributed by atoms with Gasteiger partial charge in [0.25, 0.3) is 11.8 Å². The number of nitrogens with zero attached hydrogens (tertiary/aromatic N) is 1. The average molecular weight is 368 g/mol. The third kappa shape index (κ3) is 4.15. The molecule has 0 saturated heterocycles. The summed E-state index contributed by atoms with van der Waals surface area (Å²) >= 11 is 0. The Morgan fingerprint density at radius 1 is 1.04 bits per heavy atom. The monoisotopic (exact) mass is 368 g/mol. The summed E-state index contributed by atoms with van der Waals surface area (Å²) in [7, 11) is 0. The van der Waals surface area contributed by atoms with Gasteiger partial charge in [-0.15, -0.1) is 0 Å². The van der Waals surface area contributed by atoms with Gasteiger partial charge in [-0.05, 0) is 36.2 Å². The molecule has 27 heavy (non-hydrogen) atoms. The zero-order valence-corrected chi connectivity index (χ0v) is 14.6. The predicted octanol–water partition coefficient (Wildman–Crippen LogP) is 2.23. The Bertz CT molecular complexity index is 828. The lowest BCUT2D eigenvalue weighted by Gasteiger charge is -2.14. The van der Waals surface area contributed by atoms with Crippen LogP contribution < -0.4 is 10.5 Å². The number of hydrogen-bond acceptors (Lipinski definition) is 5. The maximum absolute atomic E-state index is 12.3. The van der Waals surface area contributed by atoms with Gasteiger partial charge in [0.05, 0.1) is 24.2 Å². The molecule has 0 bridgehead atoms. The van der Waals surface area contributed by atoms with Gasteiger partial charge in [-0.1, -0.05) is 24.3 Å². The van der Waals surface area contributed by atoms with E-state index in [0.29, 0.717) is 29.9 Å². The number of imide groups is 1. The maximum Gasteiger partial charge on any atom is 0.305 e. The van der Waals surface area contributed by atoms with Crippen molar-refractivity contribution < 1.29 is 24.2 Å². The lowest BCUT2D eigenvalue weighted by Crippen LogP contribution is -2.31. The van der Waals surface area contributed by atoms with E-state index in [4.69, 9.17) is 15.6 Å². The Balaban J connectivity index is 1.48. The van der Waals surface area contributed by atoms with E-state index in [1.165, 1.54) is 4.90 Å². The molecular formula is C20H20N2O5. The summed E-state index contributed by atoms with van der Waals surface area (Å²) in [5.41, 5.74) is 7.41. The normalized spacial score (nSPS) is 14.2. The number of nitrogens with two attached hydrogens (primary N) is 1. The zero-order chi connectivity index (χ0) is 19.4. The second-order valence-electron chi connectivity index (χ2n) is 6.28. The number of carboxylic acid groups (broad SMARTS) is 1. The molecule has 0 spiro atoms. The molecule has 0 radical (unpaired) electrons. The first-order valence-electron chi connectivity index (χ1n) is 8.62. The first-order valence-corrected chi connectivity index (χ1v) is 8.62. The van der Waals surface area contributed by atoms with Gasteiger partial charge in [0.1, 0.15) is 5.75 Å². The highest BCUT2D eigenvalue weighted by Gasteiger charge is 2.34. The number of hydrogen-bond donors (Lipinski definition) is 2. The summed E-state index contributed by atoms with van der Waals surface area (Å²) in [5, 5.41) is 8.77. The quantitative estimate of drug-likeness (QED) is 0.546. The molecule has 1 aliphatic heterocycles. The summed E-state index contributed by atoms with van der Waals surface area (Å²) in [6.07, 6.45) is 0.367. The second kappa shape index (κ2) is 8.01. The third-order valence-corrected chi connectivity index (χ3v) is 4.38. The minimum atomic E-state index is -0.948. The second-order valence-corrected chi connectivity index (χ2v) is 6.28. The Labute approximate surface area is 156 Å². The van der Waals surface area contributed by atoms with E-state index in [1.807, 2.05) is 0 Å². The molecule has 3 rings (SSSR count). The smallest absolute Gasteiger partial charge is 0.305 e. The van der Waals surface area contributed by atoms with Gasteiger partial charge < -0.3 is 15.6 Å². The van der Waals surface area contributed by atoms with E-state index in [2.05, 4.69) is 0 Å². The Morgan fingerprint density at radius 3 is 2.19 bits per heavy atom. The van der Waals surface area contributed by atoms with Gasteiger partial charge in [0.2, 0.25) is 0 Å². The van der Waals surface area contributed by atoms with Gasteiger partial charge in [-0.25, -0.2) is 0 Å². The zero-order valence-electron chi connectivity index (χ0n) is 14.6. The topological polar surface area (TPSA) is 110 Å². The van der Waals surface area contributed by atoms with Gasteiger partial charge >= 0.3 is 5.97 Å². The number of carbonyl (C=O) groups excluding carboxylic acids is 2. The Kier molecular flexibility index (Phi) is 5.52. The molecule has 1 aliphatic rings. The van der Waals surface area contributed by atoms with Crippen molar-refractivity contribution in [3.8, 4) is 5.75 Å². The van der Waals surface area contributed by atoms with Crippen LogP contribution in [-0.4, -0.2) is 40.9 Å². The van der Waals surface area contributed by atoms with Crippen LogP contribution in [0.2, 0.25) is 0 Å². The molecular weight excluding hydrogens is 348 g/mol. The lowest BCUT2D eigenvalue weighted by atomic mass is 10.0. The number of carboxylic acids is 1. The number of amides is 2. The molecule has 0 fully saturated rings. The van der Waals surface area contributed by atoms with Gasteiger partial charge in [0, 0.05) is 12.6 Å². The molecule has 2 aromatic carbocycles. The van der Waals surface area contributed by atoms with E-state index in [1.54, 1.807) is 48.5 Å². The maximum atomic E-state index is 12.3. The highest BCUT2D eigenvalue weighted by molar-refractivity contribution is 6.21. The molecule has 0 aliphatic carbocycles.